The minimum atomic E-state index is -0.407. The van der Waals surface area contributed by atoms with Crippen LogP contribution < -0.4 is 5.32 Å². The molecular weight excluding hydrogens is 340 g/mol. The number of rotatable bonds is 6. The third kappa shape index (κ3) is 3.72. The van der Waals surface area contributed by atoms with Crippen LogP contribution in [0.5, 0.6) is 0 Å². The van der Waals surface area contributed by atoms with Crippen molar-refractivity contribution in [1.82, 2.24) is 4.57 Å². The van der Waals surface area contributed by atoms with Crippen LogP contribution in [0.15, 0.2) is 48.7 Å². The number of methoxy groups -OCH3 is 1. The van der Waals surface area contributed by atoms with E-state index in [0.29, 0.717) is 5.56 Å². The van der Waals surface area contributed by atoms with Gasteiger partial charge in [-0.1, -0.05) is 50.2 Å². The minimum Gasteiger partial charge on any atom is -0.465 e. The van der Waals surface area contributed by atoms with Crippen LogP contribution in [0.25, 0.3) is 10.9 Å². The Morgan fingerprint density at radius 1 is 1.00 bits per heavy atom. The molecule has 5 nitrogen and oxygen atoms in total. The van der Waals surface area contributed by atoms with Gasteiger partial charge in [0.25, 0.3) is 0 Å². The Labute approximate surface area is 158 Å². The number of carbonyl (C=O) groups is 2. The van der Waals surface area contributed by atoms with Crippen molar-refractivity contribution in [2.75, 3.05) is 12.4 Å². The van der Waals surface area contributed by atoms with E-state index >= 15 is 0 Å². The Bertz CT molecular complexity index is 966. The summed E-state index contributed by atoms with van der Waals surface area (Å²) in [6.07, 6.45) is 3.38. The Kier molecular flexibility index (Phi) is 5.60. The average Bonchev–Trinajstić information content (AvgIpc) is 3.06. The summed E-state index contributed by atoms with van der Waals surface area (Å²) in [6.45, 7) is 4.28. The summed E-state index contributed by atoms with van der Waals surface area (Å²) in [5, 5.41) is 3.85. The molecule has 0 aliphatic heterocycles. The molecule has 0 saturated heterocycles. The highest BCUT2D eigenvalue weighted by molar-refractivity contribution is 6.05. The van der Waals surface area contributed by atoms with E-state index in [4.69, 9.17) is 4.74 Å². The lowest BCUT2D eigenvalue weighted by Gasteiger charge is -2.15. The molecular formula is C22H24N2O3. The zero-order chi connectivity index (χ0) is 19.4. The Balaban J connectivity index is 1.91. The summed E-state index contributed by atoms with van der Waals surface area (Å²) in [6, 6.07) is 13.6. The van der Waals surface area contributed by atoms with Gasteiger partial charge in [-0.3, -0.25) is 4.79 Å². The summed E-state index contributed by atoms with van der Waals surface area (Å²) in [5.74, 6) is -0.530. The van der Waals surface area contributed by atoms with Gasteiger partial charge < -0.3 is 14.6 Å². The number of nitrogens with zero attached hydrogens (tertiary/aromatic N) is 1. The molecule has 1 N–H and O–H groups in total. The first-order valence-corrected chi connectivity index (χ1v) is 9.15. The fourth-order valence-corrected chi connectivity index (χ4v) is 3.39. The second kappa shape index (κ2) is 8.08. The van der Waals surface area contributed by atoms with Crippen molar-refractivity contribution in [2.24, 2.45) is 0 Å². The van der Waals surface area contributed by atoms with Gasteiger partial charge in [0.05, 0.1) is 12.7 Å². The number of hydrogen-bond acceptors (Lipinski definition) is 3. The SMILES string of the molecule is CCc1cccc(CC)c1NC(=O)Cn1cc(C(=O)OC)c2ccccc21. The van der Waals surface area contributed by atoms with Crippen LogP contribution in [-0.4, -0.2) is 23.6 Å². The number of benzene rings is 2. The van der Waals surface area contributed by atoms with Crippen molar-refractivity contribution in [3.05, 3.63) is 65.4 Å². The molecule has 0 bridgehead atoms. The summed E-state index contributed by atoms with van der Waals surface area (Å²) in [7, 11) is 1.36. The minimum absolute atomic E-state index is 0.122. The predicted octanol–water partition coefficient (Wildman–Crippen LogP) is 4.19. The van der Waals surface area contributed by atoms with Gasteiger partial charge in [0.2, 0.25) is 5.91 Å². The monoisotopic (exact) mass is 364 g/mol. The fraction of sp³-hybridized carbons (Fsp3) is 0.273. The molecule has 2 aromatic carbocycles. The predicted molar refractivity (Wildman–Crippen MR) is 107 cm³/mol. The molecule has 1 aromatic heterocycles. The highest BCUT2D eigenvalue weighted by atomic mass is 16.5. The van der Waals surface area contributed by atoms with Gasteiger partial charge in [0.1, 0.15) is 6.54 Å². The second-order valence-electron chi connectivity index (χ2n) is 6.39. The molecule has 0 atom stereocenters. The molecule has 1 heterocycles. The molecule has 3 aromatic rings. The van der Waals surface area contributed by atoms with Gasteiger partial charge in [-0.2, -0.15) is 0 Å². The molecule has 0 radical (unpaired) electrons. The fourth-order valence-electron chi connectivity index (χ4n) is 3.39. The van der Waals surface area contributed by atoms with Crippen molar-refractivity contribution in [2.45, 2.75) is 33.2 Å². The van der Waals surface area contributed by atoms with Crippen molar-refractivity contribution in [1.29, 1.82) is 0 Å². The molecule has 0 saturated carbocycles. The Morgan fingerprint density at radius 3 is 2.30 bits per heavy atom. The quantitative estimate of drug-likeness (QED) is 0.667. The van der Waals surface area contributed by atoms with Crippen LogP contribution in [0.3, 0.4) is 0 Å². The Morgan fingerprint density at radius 2 is 1.67 bits per heavy atom. The van der Waals surface area contributed by atoms with Crippen LogP contribution in [0.4, 0.5) is 5.69 Å². The van der Waals surface area contributed by atoms with Crippen LogP contribution in [0.2, 0.25) is 0 Å². The molecule has 0 spiro atoms. The first-order chi connectivity index (χ1) is 13.1. The van der Waals surface area contributed by atoms with Crippen LogP contribution in [0, 0.1) is 0 Å². The van der Waals surface area contributed by atoms with E-state index in [1.54, 1.807) is 10.8 Å². The van der Waals surface area contributed by atoms with E-state index in [0.717, 1.165) is 40.6 Å². The number of nitrogens with one attached hydrogen (secondary N) is 1. The first kappa shape index (κ1) is 18.7. The summed E-state index contributed by atoms with van der Waals surface area (Å²) in [5.41, 5.74) is 4.43. The zero-order valence-electron chi connectivity index (χ0n) is 15.9. The van der Waals surface area contributed by atoms with Gasteiger partial charge in [-0.25, -0.2) is 4.79 Å². The number of anilines is 1. The van der Waals surface area contributed by atoms with E-state index in [-0.39, 0.29) is 12.5 Å². The number of hydrogen-bond donors (Lipinski definition) is 1. The highest BCUT2D eigenvalue weighted by Crippen LogP contribution is 2.24. The number of esters is 1. The van der Waals surface area contributed by atoms with E-state index in [1.165, 1.54) is 7.11 Å². The number of aryl methyl sites for hydroxylation is 2. The smallest absolute Gasteiger partial charge is 0.340 e. The molecule has 1 amide bonds. The third-order valence-corrected chi connectivity index (χ3v) is 4.77. The van der Waals surface area contributed by atoms with E-state index in [9.17, 15) is 9.59 Å². The Hall–Kier alpha value is -3.08. The standard InChI is InChI=1S/C22H24N2O3/c1-4-15-9-8-10-16(5-2)21(15)23-20(25)14-24-13-18(22(26)27-3)17-11-6-7-12-19(17)24/h6-13H,4-5,14H2,1-3H3,(H,23,25). The number of carbonyl (C=O) groups excluding carboxylic acids is 2. The molecule has 3 rings (SSSR count). The summed E-state index contributed by atoms with van der Waals surface area (Å²) in [4.78, 5) is 24.8. The lowest BCUT2D eigenvalue weighted by molar-refractivity contribution is -0.116. The van der Waals surface area contributed by atoms with Crippen LogP contribution in [0.1, 0.15) is 35.3 Å². The van der Waals surface area contributed by atoms with Crippen molar-refractivity contribution < 1.29 is 14.3 Å². The lowest BCUT2D eigenvalue weighted by Crippen LogP contribution is -2.20. The maximum atomic E-state index is 12.8. The number of fused-ring (bicyclic) bond motifs is 1. The van der Waals surface area contributed by atoms with Gasteiger partial charge in [0, 0.05) is 22.8 Å². The number of para-hydroxylation sites is 2. The van der Waals surface area contributed by atoms with Gasteiger partial charge in [-0.05, 0) is 30.0 Å². The molecule has 0 aliphatic rings. The number of amides is 1. The van der Waals surface area contributed by atoms with Crippen molar-refractivity contribution in [3.63, 3.8) is 0 Å². The number of ether oxygens (including phenoxy) is 1. The van der Waals surface area contributed by atoms with E-state index in [2.05, 4.69) is 19.2 Å². The van der Waals surface area contributed by atoms with Crippen molar-refractivity contribution in [3.8, 4) is 0 Å². The largest absolute Gasteiger partial charge is 0.465 e. The topological polar surface area (TPSA) is 60.3 Å². The molecule has 27 heavy (non-hydrogen) atoms. The summed E-state index contributed by atoms with van der Waals surface area (Å²) < 4.78 is 6.65. The highest BCUT2D eigenvalue weighted by Gasteiger charge is 2.17. The molecule has 0 unspecified atom stereocenters. The molecule has 140 valence electrons. The molecule has 0 aliphatic carbocycles. The third-order valence-electron chi connectivity index (χ3n) is 4.77. The maximum Gasteiger partial charge on any atom is 0.340 e. The van der Waals surface area contributed by atoms with Crippen molar-refractivity contribution >= 4 is 28.5 Å². The molecule has 0 fully saturated rings. The van der Waals surface area contributed by atoms with E-state index in [1.807, 2.05) is 42.5 Å². The van der Waals surface area contributed by atoms with Gasteiger partial charge in [0.15, 0.2) is 0 Å². The van der Waals surface area contributed by atoms with Gasteiger partial charge >= 0.3 is 5.97 Å². The lowest BCUT2D eigenvalue weighted by atomic mass is 10.0. The number of aromatic nitrogens is 1. The average molecular weight is 364 g/mol. The first-order valence-electron chi connectivity index (χ1n) is 9.15. The summed E-state index contributed by atoms with van der Waals surface area (Å²) >= 11 is 0. The maximum absolute atomic E-state index is 12.8. The molecule has 5 heteroatoms. The van der Waals surface area contributed by atoms with Crippen LogP contribution >= 0.6 is 0 Å². The second-order valence-corrected chi connectivity index (χ2v) is 6.39. The normalized spacial score (nSPS) is 10.8. The zero-order valence-corrected chi connectivity index (χ0v) is 15.9. The van der Waals surface area contributed by atoms with E-state index < -0.39 is 5.97 Å². The van der Waals surface area contributed by atoms with Gasteiger partial charge in [-0.15, -0.1) is 0 Å². The van der Waals surface area contributed by atoms with Crippen LogP contribution in [-0.2, 0) is 28.9 Å².